The van der Waals surface area contributed by atoms with Gasteiger partial charge in [-0.15, -0.1) is 5.10 Å². The molecule has 1 fully saturated rings. The van der Waals surface area contributed by atoms with Gasteiger partial charge >= 0.3 is 5.97 Å². The zero-order valence-electron chi connectivity index (χ0n) is 22.8. The Morgan fingerprint density at radius 2 is 1.71 bits per heavy atom. The molecule has 3 atom stereocenters. The number of pyridine rings is 1. The number of methoxy groups -OCH3 is 1. The van der Waals surface area contributed by atoms with Crippen LogP contribution in [0.3, 0.4) is 0 Å². The molecule has 3 aromatic carbocycles. The van der Waals surface area contributed by atoms with E-state index in [1.54, 1.807) is 0 Å². The van der Waals surface area contributed by atoms with Crippen LogP contribution in [0.5, 0.6) is 0 Å². The van der Waals surface area contributed by atoms with E-state index in [0.29, 0.717) is 6.42 Å². The van der Waals surface area contributed by atoms with Crippen LogP contribution in [0.25, 0.3) is 33.3 Å². The topological polar surface area (TPSA) is 99.0 Å². The molecule has 0 saturated heterocycles. The largest absolute Gasteiger partial charge is 0.469 e. The summed E-state index contributed by atoms with van der Waals surface area (Å²) in [6.07, 6.45) is 6.03. The number of rotatable bonds is 8. The molecule has 1 aliphatic carbocycles. The number of nitrogens with zero attached hydrogens (tertiary/aromatic N) is 4. The Kier molecular flexibility index (Phi) is 7.54. The molecule has 8 nitrogen and oxygen atoms in total. The molecule has 1 amide bonds. The maximum atomic E-state index is 13.4. The van der Waals surface area contributed by atoms with Gasteiger partial charge in [0.1, 0.15) is 5.69 Å². The van der Waals surface area contributed by atoms with Gasteiger partial charge in [0.05, 0.1) is 37.3 Å². The van der Waals surface area contributed by atoms with Crippen molar-refractivity contribution in [1.82, 2.24) is 25.3 Å². The molecule has 1 aliphatic rings. The van der Waals surface area contributed by atoms with E-state index in [2.05, 4.69) is 38.8 Å². The molecule has 1 N–H and O–H groups in total. The number of amides is 1. The van der Waals surface area contributed by atoms with Crippen LogP contribution < -0.4 is 5.32 Å². The Morgan fingerprint density at radius 1 is 0.951 bits per heavy atom. The third kappa shape index (κ3) is 5.87. The summed E-state index contributed by atoms with van der Waals surface area (Å²) in [4.78, 5) is 30.2. The minimum Gasteiger partial charge on any atom is -0.469 e. The summed E-state index contributed by atoms with van der Waals surface area (Å²) in [6.45, 7) is 0. The van der Waals surface area contributed by atoms with Crippen molar-refractivity contribution in [3.05, 3.63) is 103 Å². The SMILES string of the molecule is COC(=O)C[C@@H](NC(=O)C1CCC(n2cc(-c3cnc4ccccc4c3)nn2)C1)c1ccc(-c2ccccc2)cc1. The number of hydrogen-bond acceptors (Lipinski definition) is 6. The quantitative estimate of drug-likeness (QED) is 0.243. The van der Waals surface area contributed by atoms with Crippen molar-refractivity contribution in [2.45, 2.75) is 37.8 Å². The number of benzene rings is 3. The lowest BCUT2D eigenvalue weighted by Crippen LogP contribution is -2.34. The zero-order chi connectivity index (χ0) is 28.2. The first-order valence-corrected chi connectivity index (χ1v) is 13.9. The van der Waals surface area contributed by atoms with Crippen molar-refractivity contribution in [2.75, 3.05) is 7.11 Å². The van der Waals surface area contributed by atoms with Gasteiger partial charge in [-0.3, -0.25) is 14.6 Å². The van der Waals surface area contributed by atoms with E-state index >= 15 is 0 Å². The first kappa shape index (κ1) is 26.4. The lowest BCUT2D eigenvalue weighted by Gasteiger charge is -2.21. The van der Waals surface area contributed by atoms with Crippen LogP contribution in [0.1, 0.15) is 43.3 Å². The number of fused-ring (bicyclic) bond motifs is 1. The van der Waals surface area contributed by atoms with Gasteiger partial charge in [0.25, 0.3) is 0 Å². The average Bonchev–Trinajstić information content (AvgIpc) is 3.72. The van der Waals surface area contributed by atoms with Crippen molar-refractivity contribution in [1.29, 1.82) is 0 Å². The number of aromatic nitrogens is 4. The summed E-state index contributed by atoms with van der Waals surface area (Å²) in [6, 6.07) is 27.7. The number of hydrogen-bond donors (Lipinski definition) is 1. The molecule has 206 valence electrons. The minimum atomic E-state index is -0.475. The van der Waals surface area contributed by atoms with Crippen LogP contribution in [0.2, 0.25) is 0 Å². The van der Waals surface area contributed by atoms with Gasteiger partial charge < -0.3 is 10.1 Å². The standard InChI is InChI=1S/C33H31N5O3/c1-41-32(39)19-30(24-13-11-23(12-14-24)22-7-3-2-4-8-22)35-33(40)26-15-16-28(18-26)38-21-31(36-37-38)27-17-25-9-5-6-10-29(25)34-20-27/h2-14,17,20-21,26,28,30H,15-16,18-19H2,1H3,(H,35,40)/t26?,28?,30-/m1/s1. The molecule has 41 heavy (non-hydrogen) atoms. The number of carbonyl (C=O) groups excluding carboxylic acids is 2. The van der Waals surface area contributed by atoms with Crippen LogP contribution in [0, 0.1) is 5.92 Å². The molecule has 2 aromatic heterocycles. The molecule has 0 spiro atoms. The second kappa shape index (κ2) is 11.7. The third-order valence-electron chi connectivity index (χ3n) is 7.88. The summed E-state index contributed by atoms with van der Waals surface area (Å²) >= 11 is 0. The molecule has 0 radical (unpaired) electrons. The van der Waals surface area contributed by atoms with Crippen molar-refractivity contribution in [2.24, 2.45) is 5.92 Å². The summed E-state index contributed by atoms with van der Waals surface area (Å²) in [5.74, 6) is -0.614. The molecule has 2 heterocycles. The van der Waals surface area contributed by atoms with Crippen LogP contribution in [-0.2, 0) is 14.3 Å². The second-order valence-electron chi connectivity index (χ2n) is 10.5. The number of ether oxygens (including phenoxy) is 1. The van der Waals surface area contributed by atoms with E-state index in [1.165, 1.54) is 7.11 Å². The number of para-hydroxylation sites is 1. The Labute approximate surface area is 238 Å². The third-order valence-corrected chi connectivity index (χ3v) is 7.88. The molecule has 2 unspecified atom stereocenters. The van der Waals surface area contributed by atoms with Crippen molar-refractivity contribution < 1.29 is 14.3 Å². The number of nitrogens with one attached hydrogen (secondary N) is 1. The van der Waals surface area contributed by atoms with Crippen LogP contribution in [0.4, 0.5) is 0 Å². The Bertz CT molecular complexity index is 1670. The normalized spacial score (nSPS) is 17.3. The fraction of sp³-hybridized carbons (Fsp3) is 0.242. The van der Waals surface area contributed by atoms with Gasteiger partial charge in [-0.05, 0) is 48.1 Å². The Balaban J connectivity index is 1.13. The van der Waals surface area contributed by atoms with Crippen LogP contribution >= 0.6 is 0 Å². The highest BCUT2D eigenvalue weighted by atomic mass is 16.5. The van der Waals surface area contributed by atoms with Crippen molar-refractivity contribution in [3.63, 3.8) is 0 Å². The van der Waals surface area contributed by atoms with Crippen molar-refractivity contribution in [3.8, 4) is 22.4 Å². The van der Waals surface area contributed by atoms with E-state index in [9.17, 15) is 9.59 Å². The van der Waals surface area contributed by atoms with E-state index < -0.39 is 6.04 Å². The van der Waals surface area contributed by atoms with Gasteiger partial charge in [-0.25, -0.2) is 4.68 Å². The smallest absolute Gasteiger partial charge is 0.307 e. The minimum absolute atomic E-state index is 0.0624. The number of carbonyl (C=O) groups is 2. The molecular weight excluding hydrogens is 514 g/mol. The van der Waals surface area contributed by atoms with Crippen molar-refractivity contribution >= 4 is 22.8 Å². The first-order valence-electron chi connectivity index (χ1n) is 13.9. The second-order valence-corrected chi connectivity index (χ2v) is 10.5. The molecule has 8 heteroatoms. The maximum Gasteiger partial charge on any atom is 0.307 e. The first-order chi connectivity index (χ1) is 20.1. The highest BCUT2D eigenvalue weighted by Crippen LogP contribution is 2.36. The molecular formula is C33H31N5O3. The van der Waals surface area contributed by atoms with Gasteiger partial charge in [0, 0.05) is 23.1 Å². The monoisotopic (exact) mass is 545 g/mol. The summed E-state index contributed by atoms with van der Waals surface area (Å²) in [7, 11) is 1.36. The Hall–Kier alpha value is -4.85. The van der Waals surface area contributed by atoms with E-state index in [0.717, 1.165) is 51.7 Å². The number of esters is 1. The average molecular weight is 546 g/mol. The molecule has 6 rings (SSSR count). The van der Waals surface area contributed by atoms with E-state index in [4.69, 9.17) is 4.74 Å². The summed E-state index contributed by atoms with van der Waals surface area (Å²) in [5, 5.41) is 13.0. The van der Waals surface area contributed by atoms with Crippen LogP contribution in [0.15, 0.2) is 97.3 Å². The summed E-state index contributed by atoms with van der Waals surface area (Å²) in [5.41, 5.74) is 5.65. The fourth-order valence-electron chi connectivity index (χ4n) is 5.56. The Morgan fingerprint density at radius 3 is 2.51 bits per heavy atom. The van der Waals surface area contributed by atoms with Gasteiger partial charge in [-0.2, -0.15) is 0 Å². The fourth-order valence-corrected chi connectivity index (χ4v) is 5.56. The molecule has 0 bridgehead atoms. The highest BCUT2D eigenvalue weighted by Gasteiger charge is 2.33. The summed E-state index contributed by atoms with van der Waals surface area (Å²) < 4.78 is 6.79. The maximum absolute atomic E-state index is 13.4. The molecule has 5 aromatic rings. The molecule has 0 aliphatic heterocycles. The predicted molar refractivity (Wildman–Crippen MR) is 157 cm³/mol. The van der Waals surface area contributed by atoms with Crippen LogP contribution in [-0.4, -0.2) is 39.0 Å². The van der Waals surface area contributed by atoms with Gasteiger partial charge in [0.15, 0.2) is 0 Å². The van der Waals surface area contributed by atoms with E-state index in [1.807, 2.05) is 83.8 Å². The van der Waals surface area contributed by atoms with Gasteiger partial charge in [0.2, 0.25) is 5.91 Å². The zero-order valence-corrected chi connectivity index (χ0v) is 22.8. The predicted octanol–water partition coefficient (Wildman–Crippen LogP) is 5.92. The highest BCUT2D eigenvalue weighted by molar-refractivity contribution is 5.83. The lowest BCUT2D eigenvalue weighted by atomic mass is 9.98. The lowest BCUT2D eigenvalue weighted by molar-refractivity contribution is -0.141. The van der Waals surface area contributed by atoms with E-state index in [-0.39, 0.29) is 30.3 Å². The molecule has 1 saturated carbocycles. The van der Waals surface area contributed by atoms with Gasteiger partial charge in [-0.1, -0.05) is 78.0 Å².